The van der Waals surface area contributed by atoms with Gasteiger partial charge in [0.2, 0.25) is 17.7 Å². The molecule has 7 heteroatoms. The number of amides is 3. The molecule has 2 N–H and O–H groups in total. The van der Waals surface area contributed by atoms with Crippen LogP contribution in [-0.4, -0.2) is 41.8 Å². The van der Waals surface area contributed by atoms with Crippen LogP contribution in [0.4, 0.5) is 0 Å². The number of carbonyl (C=O) groups excluding carboxylic acids is 3. The van der Waals surface area contributed by atoms with E-state index in [0.717, 1.165) is 31.2 Å². The van der Waals surface area contributed by atoms with Crippen molar-refractivity contribution in [2.45, 2.75) is 51.1 Å². The molecule has 1 saturated heterocycles. The summed E-state index contributed by atoms with van der Waals surface area (Å²) in [6, 6.07) is 7.49. The molecule has 3 amide bonds. The molecule has 2 aliphatic rings. The third-order valence-electron chi connectivity index (χ3n) is 5.37. The highest BCUT2D eigenvalue weighted by Gasteiger charge is 2.38. The van der Waals surface area contributed by atoms with Crippen LogP contribution >= 0.6 is 11.6 Å². The fraction of sp³-hybridized carbons (Fsp3) is 0.550. The van der Waals surface area contributed by atoms with Crippen LogP contribution < -0.4 is 10.6 Å². The Labute approximate surface area is 164 Å². The lowest BCUT2D eigenvalue weighted by atomic mass is 9.94. The van der Waals surface area contributed by atoms with Gasteiger partial charge in [-0.1, -0.05) is 43.0 Å². The normalized spacial score (nSPS) is 20.6. The van der Waals surface area contributed by atoms with Gasteiger partial charge in [-0.15, -0.1) is 0 Å². The Morgan fingerprint density at radius 2 is 1.78 bits per heavy atom. The molecule has 27 heavy (non-hydrogen) atoms. The molecule has 3 rings (SSSR count). The van der Waals surface area contributed by atoms with Crippen LogP contribution in [0.5, 0.6) is 0 Å². The van der Waals surface area contributed by atoms with Crippen molar-refractivity contribution in [3.63, 3.8) is 0 Å². The van der Waals surface area contributed by atoms with Gasteiger partial charge in [-0.2, -0.15) is 0 Å². The van der Waals surface area contributed by atoms with Gasteiger partial charge in [0.15, 0.2) is 0 Å². The molecule has 0 aromatic heterocycles. The van der Waals surface area contributed by atoms with Gasteiger partial charge in [-0.3, -0.25) is 14.4 Å². The van der Waals surface area contributed by atoms with Crippen molar-refractivity contribution in [2.75, 3.05) is 13.1 Å². The molecule has 0 spiro atoms. The minimum absolute atomic E-state index is 0.0641. The van der Waals surface area contributed by atoms with E-state index in [1.165, 1.54) is 6.42 Å². The maximum atomic E-state index is 12.4. The van der Waals surface area contributed by atoms with E-state index in [1.54, 1.807) is 12.1 Å². The van der Waals surface area contributed by atoms with Crippen molar-refractivity contribution in [3.8, 4) is 0 Å². The third-order valence-corrected chi connectivity index (χ3v) is 5.62. The second-order valence-corrected chi connectivity index (χ2v) is 7.80. The van der Waals surface area contributed by atoms with Crippen LogP contribution in [0.1, 0.15) is 44.1 Å². The smallest absolute Gasteiger partial charge is 0.239 e. The summed E-state index contributed by atoms with van der Waals surface area (Å²) < 4.78 is 0. The first kappa shape index (κ1) is 19.7. The van der Waals surface area contributed by atoms with Crippen LogP contribution in [0, 0.1) is 5.92 Å². The quantitative estimate of drug-likeness (QED) is 0.780. The van der Waals surface area contributed by atoms with Gasteiger partial charge >= 0.3 is 0 Å². The number of likely N-dealkylation sites (tertiary alicyclic amines) is 1. The standard InChI is InChI=1S/C20H26ClN3O3/c21-16-8-6-14(7-9-16)11-22-18(25)12-23-20(27)15-10-19(26)24(13-15)17-4-2-1-3-5-17/h6-9,15,17H,1-5,10-13H2,(H,22,25)(H,23,27). The van der Waals surface area contributed by atoms with E-state index in [9.17, 15) is 14.4 Å². The van der Waals surface area contributed by atoms with E-state index in [0.29, 0.717) is 18.1 Å². The maximum Gasteiger partial charge on any atom is 0.239 e. The number of hydrogen-bond acceptors (Lipinski definition) is 3. The van der Waals surface area contributed by atoms with Crippen LogP contribution in [0.3, 0.4) is 0 Å². The lowest BCUT2D eigenvalue weighted by molar-refractivity contribution is -0.130. The minimum Gasteiger partial charge on any atom is -0.350 e. The van der Waals surface area contributed by atoms with Crippen molar-refractivity contribution < 1.29 is 14.4 Å². The fourth-order valence-electron chi connectivity index (χ4n) is 3.83. The maximum absolute atomic E-state index is 12.4. The highest BCUT2D eigenvalue weighted by Crippen LogP contribution is 2.28. The Bertz CT molecular complexity index is 686. The summed E-state index contributed by atoms with van der Waals surface area (Å²) in [7, 11) is 0. The minimum atomic E-state index is -0.358. The molecule has 1 saturated carbocycles. The van der Waals surface area contributed by atoms with Gasteiger partial charge in [-0.05, 0) is 30.5 Å². The number of halogens is 1. The Balaban J connectivity index is 1.40. The molecule has 1 unspecified atom stereocenters. The molecule has 0 radical (unpaired) electrons. The summed E-state index contributed by atoms with van der Waals surface area (Å²) >= 11 is 5.83. The van der Waals surface area contributed by atoms with Crippen molar-refractivity contribution in [2.24, 2.45) is 5.92 Å². The average molecular weight is 392 g/mol. The first-order valence-corrected chi connectivity index (χ1v) is 9.99. The highest BCUT2D eigenvalue weighted by atomic mass is 35.5. The molecule has 146 valence electrons. The first-order chi connectivity index (χ1) is 13.0. The lowest BCUT2D eigenvalue weighted by Gasteiger charge is -2.31. The molecule has 1 aliphatic carbocycles. The molecular formula is C20H26ClN3O3. The van der Waals surface area contributed by atoms with E-state index >= 15 is 0 Å². The Kier molecular flexibility index (Phi) is 6.72. The van der Waals surface area contributed by atoms with Crippen LogP contribution in [-0.2, 0) is 20.9 Å². The Hall–Kier alpha value is -2.08. The number of nitrogens with zero attached hydrogens (tertiary/aromatic N) is 1. The van der Waals surface area contributed by atoms with E-state index < -0.39 is 0 Å². The summed E-state index contributed by atoms with van der Waals surface area (Å²) in [5.74, 6) is -0.771. The second kappa shape index (κ2) is 9.22. The van der Waals surface area contributed by atoms with Gasteiger partial charge in [-0.25, -0.2) is 0 Å². The van der Waals surface area contributed by atoms with Gasteiger partial charge in [0, 0.05) is 30.6 Å². The molecule has 0 bridgehead atoms. The van der Waals surface area contributed by atoms with Crippen LogP contribution in [0.25, 0.3) is 0 Å². The SMILES string of the molecule is O=C(CNC(=O)C1CC(=O)N(C2CCCCC2)C1)NCc1ccc(Cl)cc1. The zero-order valence-corrected chi connectivity index (χ0v) is 16.1. The first-order valence-electron chi connectivity index (χ1n) is 9.61. The lowest BCUT2D eigenvalue weighted by Crippen LogP contribution is -2.41. The predicted molar refractivity (Wildman–Crippen MR) is 103 cm³/mol. The molecular weight excluding hydrogens is 366 g/mol. The monoisotopic (exact) mass is 391 g/mol. The second-order valence-electron chi connectivity index (χ2n) is 7.36. The predicted octanol–water partition coefficient (Wildman–Crippen LogP) is 2.25. The third kappa shape index (κ3) is 5.45. The summed E-state index contributed by atoms with van der Waals surface area (Å²) in [6.45, 7) is 0.769. The molecule has 1 aromatic rings. The zero-order chi connectivity index (χ0) is 19.2. The average Bonchev–Trinajstić information content (AvgIpc) is 3.08. The number of rotatable bonds is 6. The van der Waals surface area contributed by atoms with Crippen molar-refractivity contribution in [3.05, 3.63) is 34.9 Å². The van der Waals surface area contributed by atoms with E-state index in [2.05, 4.69) is 10.6 Å². The number of benzene rings is 1. The summed E-state index contributed by atoms with van der Waals surface area (Å²) in [4.78, 5) is 38.4. The van der Waals surface area contributed by atoms with Crippen LogP contribution in [0.15, 0.2) is 24.3 Å². The molecule has 1 atom stereocenters. The molecule has 6 nitrogen and oxygen atoms in total. The molecule has 2 fully saturated rings. The fourth-order valence-corrected chi connectivity index (χ4v) is 3.96. The summed E-state index contributed by atoms with van der Waals surface area (Å²) in [5, 5.41) is 6.07. The van der Waals surface area contributed by atoms with Crippen LogP contribution in [0.2, 0.25) is 5.02 Å². The summed E-state index contributed by atoms with van der Waals surface area (Å²) in [6.07, 6.45) is 5.85. The van der Waals surface area contributed by atoms with Crippen molar-refractivity contribution in [1.29, 1.82) is 0 Å². The zero-order valence-electron chi connectivity index (χ0n) is 15.4. The molecule has 1 heterocycles. The van der Waals surface area contributed by atoms with E-state index in [-0.39, 0.29) is 42.6 Å². The van der Waals surface area contributed by atoms with Crippen molar-refractivity contribution >= 4 is 29.3 Å². The molecule has 1 aromatic carbocycles. The Morgan fingerprint density at radius 3 is 2.48 bits per heavy atom. The van der Waals surface area contributed by atoms with E-state index in [1.807, 2.05) is 17.0 Å². The van der Waals surface area contributed by atoms with Gasteiger partial charge < -0.3 is 15.5 Å². The number of hydrogen-bond donors (Lipinski definition) is 2. The number of nitrogens with one attached hydrogen (secondary N) is 2. The highest BCUT2D eigenvalue weighted by molar-refractivity contribution is 6.30. The van der Waals surface area contributed by atoms with E-state index in [4.69, 9.17) is 11.6 Å². The topological polar surface area (TPSA) is 78.5 Å². The number of carbonyl (C=O) groups is 3. The van der Waals surface area contributed by atoms with Gasteiger partial charge in [0.25, 0.3) is 0 Å². The van der Waals surface area contributed by atoms with Gasteiger partial charge in [0.05, 0.1) is 12.5 Å². The Morgan fingerprint density at radius 1 is 1.07 bits per heavy atom. The van der Waals surface area contributed by atoms with Gasteiger partial charge in [0.1, 0.15) is 0 Å². The van der Waals surface area contributed by atoms with Crippen molar-refractivity contribution in [1.82, 2.24) is 15.5 Å². The molecule has 1 aliphatic heterocycles. The summed E-state index contributed by atoms with van der Waals surface area (Å²) in [5.41, 5.74) is 0.934. The largest absolute Gasteiger partial charge is 0.350 e.